The fourth-order valence-electron chi connectivity index (χ4n) is 7.21. The molecule has 7 atom stereocenters. The number of carbonyl (C=O) groups is 4. The lowest BCUT2D eigenvalue weighted by Crippen LogP contribution is -2.40. The van der Waals surface area contributed by atoms with Crippen molar-refractivity contribution in [3.8, 4) is 11.5 Å². The van der Waals surface area contributed by atoms with Gasteiger partial charge in [-0.1, -0.05) is 12.2 Å². The van der Waals surface area contributed by atoms with E-state index in [9.17, 15) is 19.2 Å². The molecule has 0 radical (unpaired) electrons. The maximum Gasteiger partial charge on any atom is 0.316 e. The molecular formula is C30H28N2O6. The van der Waals surface area contributed by atoms with E-state index in [2.05, 4.69) is 12.2 Å². The van der Waals surface area contributed by atoms with Gasteiger partial charge in [-0.3, -0.25) is 19.2 Å². The number of aryl methyl sites for hydroxylation is 1. The van der Waals surface area contributed by atoms with Gasteiger partial charge in [-0.15, -0.1) is 0 Å². The predicted molar refractivity (Wildman–Crippen MR) is 137 cm³/mol. The van der Waals surface area contributed by atoms with Gasteiger partial charge in [-0.2, -0.15) is 0 Å². The van der Waals surface area contributed by atoms with Crippen molar-refractivity contribution in [2.45, 2.75) is 19.8 Å². The first kappa shape index (κ1) is 23.2. The van der Waals surface area contributed by atoms with Gasteiger partial charge in [-0.05, 0) is 85.0 Å². The van der Waals surface area contributed by atoms with Crippen molar-refractivity contribution in [3.05, 3.63) is 60.2 Å². The highest BCUT2D eigenvalue weighted by Gasteiger charge is 2.67. The Morgan fingerprint density at radius 1 is 0.895 bits per heavy atom. The third kappa shape index (κ3) is 3.35. The summed E-state index contributed by atoms with van der Waals surface area (Å²) in [5, 5.41) is 0. The molecule has 2 saturated heterocycles. The molecule has 4 fully saturated rings. The summed E-state index contributed by atoms with van der Waals surface area (Å²) in [4.78, 5) is 55.4. The van der Waals surface area contributed by atoms with Crippen molar-refractivity contribution in [2.75, 3.05) is 23.5 Å². The Kier molecular flexibility index (Phi) is 5.05. The Labute approximate surface area is 220 Å². The average molecular weight is 513 g/mol. The van der Waals surface area contributed by atoms with Gasteiger partial charge in [0.1, 0.15) is 11.5 Å². The monoisotopic (exact) mass is 512 g/mol. The Balaban J connectivity index is 1.05. The topological polar surface area (TPSA) is 93.2 Å². The van der Waals surface area contributed by atoms with Crippen molar-refractivity contribution >= 4 is 35.1 Å². The van der Waals surface area contributed by atoms with Crippen molar-refractivity contribution in [1.82, 2.24) is 0 Å². The van der Waals surface area contributed by atoms with Crippen LogP contribution in [0, 0.1) is 48.3 Å². The molecule has 0 unspecified atom stereocenters. The summed E-state index contributed by atoms with van der Waals surface area (Å²) in [6.07, 6.45) is 5.51. The molecule has 8 nitrogen and oxygen atoms in total. The molecule has 3 amide bonds. The SMILES string of the molecule is COc1ccc(N2C[C@H](C(=O)Oc3ccc(N4C(=O)[C@@H]5[C@H]6C=C[C@@H]([C@@H]7C[C@H]67)[C@H]5C4=O)c(C)c3)CC2=O)cc1. The van der Waals surface area contributed by atoms with E-state index in [1.165, 1.54) is 4.90 Å². The van der Waals surface area contributed by atoms with E-state index in [1.807, 2.05) is 6.92 Å². The summed E-state index contributed by atoms with van der Waals surface area (Å²) in [5.74, 6) is 0.497. The smallest absolute Gasteiger partial charge is 0.316 e. The molecule has 8 heteroatoms. The maximum absolute atomic E-state index is 13.5. The van der Waals surface area contributed by atoms with Crippen LogP contribution in [0.4, 0.5) is 11.4 Å². The highest BCUT2D eigenvalue weighted by molar-refractivity contribution is 6.23. The number of esters is 1. The lowest BCUT2D eigenvalue weighted by molar-refractivity contribution is -0.139. The summed E-state index contributed by atoms with van der Waals surface area (Å²) in [6, 6.07) is 12.1. The predicted octanol–water partition coefficient (Wildman–Crippen LogP) is 3.52. The minimum atomic E-state index is -0.594. The number of methoxy groups -OCH3 is 1. The molecule has 2 aromatic rings. The third-order valence-corrected chi connectivity index (χ3v) is 9.13. The highest BCUT2D eigenvalue weighted by Crippen LogP contribution is 2.65. The van der Waals surface area contributed by atoms with Crippen molar-refractivity contribution < 1.29 is 28.7 Å². The second-order valence-electron chi connectivity index (χ2n) is 11.1. The van der Waals surface area contributed by atoms with E-state index < -0.39 is 11.9 Å². The molecule has 0 N–H and O–H groups in total. The van der Waals surface area contributed by atoms with Crippen LogP contribution in [0.25, 0.3) is 0 Å². The highest BCUT2D eigenvalue weighted by atomic mass is 16.5. The molecule has 2 aromatic carbocycles. The Bertz CT molecular complexity index is 1380. The summed E-state index contributed by atoms with van der Waals surface area (Å²) >= 11 is 0. The molecule has 194 valence electrons. The van der Waals surface area contributed by atoms with E-state index in [0.29, 0.717) is 40.3 Å². The van der Waals surface area contributed by atoms with Gasteiger partial charge in [0.15, 0.2) is 0 Å². The minimum Gasteiger partial charge on any atom is -0.497 e. The molecule has 0 spiro atoms. The van der Waals surface area contributed by atoms with Gasteiger partial charge in [0.05, 0.1) is 30.6 Å². The first-order valence-electron chi connectivity index (χ1n) is 13.2. The van der Waals surface area contributed by atoms with Crippen LogP contribution in [-0.4, -0.2) is 37.3 Å². The van der Waals surface area contributed by atoms with Crippen LogP contribution in [0.1, 0.15) is 18.4 Å². The van der Waals surface area contributed by atoms with E-state index in [0.717, 1.165) is 6.42 Å². The number of carbonyl (C=O) groups excluding carboxylic acids is 4. The number of allylic oxidation sites excluding steroid dienone is 2. The fourth-order valence-corrected chi connectivity index (χ4v) is 7.21. The van der Waals surface area contributed by atoms with Gasteiger partial charge in [-0.25, -0.2) is 4.90 Å². The zero-order valence-electron chi connectivity index (χ0n) is 21.2. The van der Waals surface area contributed by atoms with Crippen LogP contribution in [0.2, 0.25) is 0 Å². The molecule has 2 bridgehead atoms. The molecule has 0 aromatic heterocycles. The largest absolute Gasteiger partial charge is 0.497 e. The van der Waals surface area contributed by atoms with Crippen LogP contribution >= 0.6 is 0 Å². The third-order valence-electron chi connectivity index (χ3n) is 9.13. The number of rotatable bonds is 5. The van der Waals surface area contributed by atoms with Crippen molar-refractivity contribution in [3.63, 3.8) is 0 Å². The Morgan fingerprint density at radius 2 is 1.53 bits per heavy atom. The van der Waals surface area contributed by atoms with Crippen LogP contribution in [0.3, 0.4) is 0 Å². The zero-order valence-corrected chi connectivity index (χ0v) is 21.2. The standard InChI is InChI=1S/C30H28N2O6/c1-15-11-19(38-30(36)16-12-25(33)31(14-16)17-3-5-18(37-2)6-4-17)7-10-24(15)32-28(34)26-20-8-9-21(23-13-22(20)23)27(26)29(32)35/h3-11,16,20-23,26-27H,12-14H2,1-2H3/t16-,20+,21+,22-,23+,26-,27-/m1/s1. The second kappa shape index (κ2) is 8.28. The molecule has 2 aliphatic heterocycles. The Hall–Kier alpha value is -3.94. The van der Waals surface area contributed by atoms with Crippen molar-refractivity contribution in [1.29, 1.82) is 0 Å². The van der Waals surface area contributed by atoms with E-state index in [4.69, 9.17) is 9.47 Å². The molecule has 2 saturated carbocycles. The quantitative estimate of drug-likeness (QED) is 0.263. The van der Waals surface area contributed by atoms with Crippen molar-refractivity contribution in [2.24, 2.45) is 41.4 Å². The van der Waals surface area contributed by atoms with Crippen LogP contribution < -0.4 is 19.3 Å². The summed E-state index contributed by atoms with van der Waals surface area (Å²) in [7, 11) is 1.58. The van der Waals surface area contributed by atoms with Gasteiger partial charge < -0.3 is 14.4 Å². The number of benzene rings is 2. The van der Waals surface area contributed by atoms with Crippen LogP contribution in [-0.2, 0) is 19.2 Å². The van der Waals surface area contributed by atoms with E-state index >= 15 is 0 Å². The number of hydrogen-bond acceptors (Lipinski definition) is 6. The molecule has 2 heterocycles. The maximum atomic E-state index is 13.5. The molecular weight excluding hydrogens is 484 g/mol. The first-order chi connectivity index (χ1) is 18.4. The fraction of sp³-hybridized carbons (Fsp3) is 0.400. The minimum absolute atomic E-state index is 0.0693. The summed E-state index contributed by atoms with van der Waals surface area (Å²) < 4.78 is 10.8. The number of ether oxygens (including phenoxy) is 2. The lowest BCUT2D eigenvalue weighted by atomic mass is 9.63. The van der Waals surface area contributed by atoms with Gasteiger partial charge in [0.2, 0.25) is 17.7 Å². The van der Waals surface area contributed by atoms with Crippen LogP contribution in [0.5, 0.6) is 11.5 Å². The molecule has 38 heavy (non-hydrogen) atoms. The molecule has 6 aliphatic rings. The van der Waals surface area contributed by atoms with E-state index in [1.54, 1.807) is 54.5 Å². The zero-order chi connectivity index (χ0) is 26.3. The first-order valence-corrected chi connectivity index (χ1v) is 13.2. The number of amides is 3. The van der Waals surface area contributed by atoms with E-state index in [-0.39, 0.29) is 54.4 Å². The average Bonchev–Trinajstić information content (AvgIpc) is 3.60. The molecule has 8 rings (SSSR count). The summed E-state index contributed by atoms with van der Waals surface area (Å²) in [5.41, 5.74) is 1.93. The van der Waals surface area contributed by atoms with Crippen LogP contribution in [0.15, 0.2) is 54.6 Å². The number of nitrogens with zero attached hydrogens (tertiary/aromatic N) is 2. The second-order valence-corrected chi connectivity index (χ2v) is 11.1. The molecule has 4 aliphatic carbocycles. The van der Waals surface area contributed by atoms with Gasteiger partial charge in [0, 0.05) is 18.7 Å². The van der Waals surface area contributed by atoms with Gasteiger partial charge in [0.25, 0.3) is 0 Å². The number of anilines is 2. The Morgan fingerprint density at radius 3 is 2.13 bits per heavy atom. The van der Waals surface area contributed by atoms with Gasteiger partial charge >= 0.3 is 5.97 Å². The number of imide groups is 1. The summed E-state index contributed by atoms with van der Waals surface area (Å²) in [6.45, 7) is 2.04. The number of hydrogen-bond donors (Lipinski definition) is 0. The lowest BCUT2D eigenvalue weighted by Gasteiger charge is -2.37. The normalized spacial score (nSPS) is 32.5.